The van der Waals surface area contributed by atoms with Gasteiger partial charge in [-0.3, -0.25) is 0 Å². The van der Waals surface area contributed by atoms with Crippen LogP contribution in [0.15, 0.2) is 11.4 Å². The first-order valence-corrected chi connectivity index (χ1v) is 6.91. The summed E-state index contributed by atoms with van der Waals surface area (Å²) < 4.78 is 0. The molecule has 0 aromatic carbocycles. The smallest absolute Gasteiger partial charge is 0.225 e. The second kappa shape index (κ2) is 6.01. The van der Waals surface area contributed by atoms with Crippen LogP contribution in [0.2, 0.25) is 0 Å². The van der Waals surface area contributed by atoms with Crippen LogP contribution in [0.25, 0.3) is 11.2 Å². The van der Waals surface area contributed by atoms with Gasteiger partial charge in [-0.1, -0.05) is 6.92 Å². The Bertz CT molecular complexity index is 515. The van der Waals surface area contributed by atoms with Gasteiger partial charge in [-0.15, -0.1) is 11.8 Å². The molecule has 0 radical (unpaired) electrons. The molecule has 98 valence electrons. The largest absolute Gasteiger partial charge is 0.396 e. The van der Waals surface area contributed by atoms with Crippen LogP contribution in [0.3, 0.4) is 0 Å². The van der Waals surface area contributed by atoms with E-state index in [-0.39, 0.29) is 12.5 Å². The van der Waals surface area contributed by atoms with Crippen LogP contribution in [0, 0.1) is 5.92 Å². The quantitative estimate of drug-likeness (QED) is 0.543. The van der Waals surface area contributed by atoms with Crippen LogP contribution in [0.4, 0.5) is 5.95 Å². The summed E-state index contributed by atoms with van der Waals surface area (Å²) in [6, 6.07) is 0. The molecule has 0 aliphatic carbocycles. The molecule has 0 saturated carbocycles. The fourth-order valence-corrected chi connectivity index (χ4v) is 2.42. The first-order chi connectivity index (χ1) is 8.74. The molecule has 1 unspecified atom stereocenters. The zero-order valence-electron chi connectivity index (χ0n) is 10.5. The number of imidazole rings is 1. The normalized spacial score (nSPS) is 12.8. The fourth-order valence-electron chi connectivity index (χ4n) is 1.42. The van der Waals surface area contributed by atoms with Gasteiger partial charge in [-0.25, -0.2) is 9.97 Å². The lowest BCUT2D eigenvalue weighted by Crippen LogP contribution is -2.06. The minimum Gasteiger partial charge on any atom is -0.396 e. The number of nitrogens with one attached hydrogen (secondary N) is 2. The fraction of sp³-hybridized carbons (Fsp3) is 0.545. The van der Waals surface area contributed by atoms with Crippen molar-refractivity contribution in [1.29, 1.82) is 0 Å². The zero-order chi connectivity index (χ0) is 13.0. The molecule has 2 aromatic heterocycles. The summed E-state index contributed by atoms with van der Waals surface area (Å²) in [5.41, 5.74) is 1.52. The maximum Gasteiger partial charge on any atom is 0.225 e. The molecule has 0 bridgehead atoms. The van der Waals surface area contributed by atoms with Crippen molar-refractivity contribution in [1.82, 2.24) is 19.9 Å². The Morgan fingerprint density at radius 3 is 3.06 bits per heavy atom. The molecule has 1 atom stereocenters. The van der Waals surface area contributed by atoms with Crippen LogP contribution < -0.4 is 5.32 Å². The monoisotopic (exact) mass is 267 g/mol. The molecule has 3 N–H and O–H groups in total. The molecule has 2 rings (SSSR count). The van der Waals surface area contributed by atoms with Gasteiger partial charge in [0.2, 0.25) is 5.95 Å². The summed E-state index contributed by atoms with van der Waals surface area (Å²) in [7, 11) is 0. The average molecular weight is 267 g/mol. The van der Waals surface area contributed by atoms with E-state index >= 15 is 0 Å². The molecule has 7 heteroatoms. The van der Waals surface area contributed by atoms with Crippen molar-refractivity contribution in [2.45, 2.75) is 18.9 Å². The number of aromatic amines is 1. The summed E-state index contributed by atoms with van der Waals surface area (Å²) >= 11 is 1.60. The van der Waals surface area contributed by atoms with Gasteiger partial charge in [0, 0.05) is 18.9 Å². The number of fused-ring (bicyclic) bond motifs is 1. The summed E-state index contributed by atoms with van der Waals surface area (Å²) in [4.78, 5) is 16.0. The van der Waals surface area contributed by atoms with Crippen LogP contribution in [-0.4, -0.2) is 43.9 Å². The maximum absolute atomic E-state index is 9.05. The number of aliphatic hydroxyl groups excluding tert-OH is 1. The van der Waals surface area contributed by atoms with E-state index < -0.39 is 0 Å². The average Bonchev–Trinajstić information content (AvgIpc) is 2.84. The summed E-state index contributed by atoms with van der Waals surface area (Å²) in [5, 5.41) is 13.0. The lowest BCUT2D eigenvalue weighted by Gasteiger charge is -2.08. The van der Waals surface area contributed by atoms with E-state index in [4.69, 9.17) is 5.11 Å². The third-order valence-electron chi connectivity index (χ3n) is 2.40. The van der Waals surface area contributed by atoms with Gasteiger partial charge in [0.1, 0.15) is 10.5 Å². The molecule has 2 aromatic rings. The third-order valence-corrected chi connectivity index (χ3v) is 3.71. The lowest BCUT2D eigenvalue weighted by atomic mass is 10.2. The third kappa shape index (κ3) is 2.91. The number of hydrogen-bond donors (Lipinski definition) is 3. The number of hydrogen-bond acceptors (Lipinski definition) is 6. The Morgan fingerprint density at radius 2 is 2.33 bits per heavy atom. The molecule has 2 heterocycles. The Morgan fingerprint density at radius 1 is 1.50 bits per heavy atom. The van der Waals surface area contributed by atoms with Crippen LogP contribution in [0.5, 0.6) is 0 Å². The van der Waals surface area contributed by atoms with Crippen molar-refractivity contribution in [2.75, 3.05) is 24.2 Å². The Kier molecular flexibility index (Phi) is 4.38. The Labute approximate surface area is 110 Å². The minimum atomic E-state index is 0.185. The van der Waals surface area contributed by atoms with Crippen molar-refractivity contribution < 1.29 is 5.11 Å². The summed E-state index contributed by atoms with van der Waals surface area (Å²) in [5.74, 6) is 1.65. The molecule has 18 heavy (non-hydrogen) atoms. The minimum absolute atomic E-state index is 0.185. The Hall–Kier alpha value is -1.34. The molecule has 0 aliphatic heterocycles. The van der Waals surface area contributed by atoms with E-state index in [1.54, 1.807) is 18.1 Å². The van der Waals surface area contributed by atoms with Crippen molar-refractivity contribution in [3.8, 4) is 0 Å². The Balaban J connectivity index is 2.25. The van der Waals surface area contributed by atoms with Crippen molar-refractivity contribution >= 4 is 28.9 Å². The summed E-state index contributed by atoms with van der Waals surface area (Å²) in [6.07, 6.45) is 1.62. The predicted octanol–water partition coefficient (Wildman–Crippen LogP) is 1.51. The highest BCUT2D eigenvalue weighted by Gasteiger charge is 2.11. The molecule has 0 spiro atoms. The van der Waals surface area contributed by atoms with Crippen LogP contribution in [0.1, 0.15) is 13.8 Å². The molecular weight excluding hydrogens is 250 g/mol. The first kappa shape index (κ1) is 13.1. The van der Waals surface area contributed by atoms with E-state index in [0.29, 0.717) is 11.6 Å². The van der Waals surface area contributed by atoms with Gasteiger partial charge in [-0.05, 0) is 12.8 Å². The molecule has 0 fully saturated rings. The SMILES string of the molecule is CCNc1nc(SCC(C)CO)c2[nH]cnc2n1. The number of thioether (sulfide) groups is 1. The van der Waals surface area contributed by atoms with Crippen LogP contribution >= 0.6 is 11.8 Å². The number of aromatic nitrogens is 4. The number of aliphatic hydroxyl groups is 1. The van der Waals surface area contributed by atoms with Gasteiger partial charge in [0.05, 0.1) is 6.33 Å². The van der Waals surface area contributed by atoms with Crippen molar-refractivity contribution in [2.24, 2.45) is 5.92 Å². The van der Waals surface area contributed by atoms with Gasteiger partial charge >= 0.3 is 0 Å². The van der Waals surface area contributed by atoms with Gasteiger partial charge < -0.3 is 15.4 Å². The van der Waals surface area contributed by atoms with Gasteiger partial charge in [0.25, 0.3) is 0 Å². The molecule has 0 amide bonds. The van der Waals surface area contributed by atoms with E-state index in [1.807, 2.05) is 13.8 Å². The highest BCUT2D eigenvalue weighted by molar-refractivity contribution is 7.99. The van der Waals surface area contributed by atoms with Gasteiger partial charge in [0.15, 0.2) is 5.65 Å². The molecule has 6 nitrogen and oxygen atoms in total. The highest BCUT2D eigenvalue weighted by Crippen LogP contribution is 2.25. The molecule has 0 saturated heterocycles. The number of nitrogens with zero attached hydrogens (tertiary/aromatic N) is 3. The standard InChI is InChI=1S/C11H17N5OS/c1-3-12-11-15-9-8(13-6-14-9)10(16-11)18-5-7(2)4-17/h6-7,17H,3-5H2,1-2H3,(H2,12,13,14,15,16). The highest BCUT2D eigenvalue weighted by atomic mass is 32.2. The zero-order valence-corrected chi connectivity index (χ0v) is 11.3. The van der Waals surface area contributed by atoms with Crippen molar-refractivity contribution in [3.05, 3.63) is 6.33 Å². The molecular formula is C11H17N5OS. The molecule has 0 aliphatic rings. The number of H-pyrrole nitrogens is 1. The summed E-state index contributed by atoms with van der Waals surface area (Å²) in [6.45, 7) is 4.96. The number of anilines is 1. The van der Waals surface area contributed by atoms with E-state index in [2.05, 4.69) is 25.3 Å². The predicted molar refractivity (Wildman–Crippen MR) is 72.8 cm³/mol. The van der Waals surface area contributed by atoms with E-state index in [0.717, 1.165) is 22.8 Å². The lowest BCUT2D eigenvalue weighted by molar-refractivity contribution is 0.250. The van der Waals surface area contributed by atoms with E-state index in [1.165, 1.54) is 0 Å². The van der Waals surface area contributed by atoms with E-state index in [9.17, 15) is 0 Å². The van der Waals surface area contributed by atoms with Crippen molar-refractivity contribution in [3.63, 3.8) is 0 Å². The topological polar surface area (TPSA) is 86.7 Å². The first-order valence-electron chi connectivity index (χ1n) is 5.93. The maximum atomic E-state index is 9.05. The second-order valence-corrected chi connectivity index (χ2v) is 5.09. The second-order valence-electron chi connectivity index (χ2n) is 4.08. The van der Waals surface area contributed by atoms with Crippen LogP contribution in [-0.2, 0) is 0 Å². The number of rotatable bonds is 6. The van der Waals surface area contributed by atoms with Gasteiger partial charge in [-0.2, -0.15) is 4.98 Å².